The van der Waals surface area contributed by atoms with Crippen LogP contribution in [0.25, 0.3) is 22.3 Å². The van der Waals surface area contributed by atoms with E-state index in [-0.39, 0.29) is 35.5 Å². The molecule has 1 heterocycles. The molecule has 6 heteroatoms. The second-order valence-corrected chi connectivity index (χ2v) is 7.96. The smallest absolute Gasteiger partial charge is 0.201 e. The van der Waals surface area contributed by atoms with Crippen LogP contribution in [0.4, 0.5) is 17.6 Å². The van der Waals surface area contributed by atoms with Crippen LogP contribution in [-0.2, 0) is 4.74 Å². The maximum atomic E-state index is 14.9. The Labute approximate surface area is 190 Å². The molecular weight excluding hydrogens is 432 g/mol. The summed E-state index contributed by atoms with van der Waals surface area (Å²) in [6, 6.07) is 12.1. The Morgan fingerprint density at radius 2 is 1.45 bits per heavy atom. The van der Waals surface area contributed by atoms with E-state index in [2.05, 4.69) is 6.58 Å². The molecule has 0 N–H and O–H groups in total. The monoisotopic (exact) mass is 456 g/mol. The zero-order chi connectivity index (χ0) is 23.5. The van der Waals surface area contributed by atoms with Gasteiger partial charge in [0.25, 0.3) is 0 Å². The molecule has 0 aliphatic carbocycles. The number of benzene rings is 3. The Hall–Kier alpha value is -3.12. The van der Waals surface area contributed by atoms with Crippen LogP contribution in [0.3, 0.4) is 0 Å². The summed E-state index contributed by atoms with van der Waals surface area (Å²) in [5.74, 6) is -4.29. The molecule has 3 aromatic carbocycles. The minimum absolute atomic E-state index is 0.0550. The summed E-state index contributed by atoms with van der Waals surface area (Å²) in [6.07, 6.45) is 3.06. The van der Waals surface area contributed by atoms with E-state index >= 15 is 0 Å². The van der Waals surface area contributed by atoms with Crippen molar-refractivity contribution in [3.05, 3.63) is 90.0 Å². The highest BCUT2D eigenvalue weighted by atomic mass is 19.2. The van der Waals surface area contributed by atoms with Crippen LogP contribution in [0, 0.1) is 23.3 Å². The maximum Gasteiger partial charge on any atom is 0.201 e. The zero-order valence-electron chi connectivity index (χ0n) is 18.2. The van der Waals surface area contributed by atoms with Crippen LogP contribution in [-0.4, -0.2) is 19.3 Å². The van der Waals surface area contributed by atoms with E-state index in [0.717, 1.165) is 0 Å². The lowest BCUT2D eigenvalue weighted by atomic mass is 9.89. The summed E-state index contributed by atoms with van der Waals surface area (Å²) in [7, 11) is 0. The van der Waals surface area contributed by atoms with Gasteiger partial charge in [0.05, 0.1) is 19.3 Å². The first-order chi connectivity index (χ1) is 15.9. The molecule has 0 amide bonds. The van der Waals surface area contributed by atoms with E-state index in [9.17, 15) is 17.6 Å². The Balaban J connectivity index is 1.59. The molecule has 1 fully saturated rings. The number of ether oxygens (including phenoxy) is 2. The minimum atomic E-state index is -1.06. The van der Waals surface area contributed by atoms with Crippen molar-refractivity contribution >= 4 is 0 Å². The molecule has 33 heavy (non-hydrogen) atoms. The predicted molar refractivity (Wildman–Crippen MR) is 120 cm³/mol. The van der Waals surface area contributed by atoms with Gasteiger partial charge in [-0.25, -0.2) is 13.2 Å². The van der Waals surface area contributed by atoms with Crippen molar-refractivity contribution in [1.29, 1.82) is 0 Å². The summed E-state index contributed by atoms with van der Waals surface area (Å²) in [5.41, 5.74) is 1.29. The van der Waals surface area contributed by atoms with Crippen LogP contribution in [0.5, 0.6) is 5.75 Å². The largest absolute Gasteiger partial charge is 0.491 e. The molecule has 1 aliphatic rings. The molecule has 0 aromatic heterocycles. The molecule has 0 saturated carbocycles. The topological polar surface area (TPSA) is 18.5 Å². The first kappa shape index (κ1) is 23.1. The van der Waals surface area contributed by atoms with Gasteiger partial charge in [-0.3, -0.25) is 0 Å². The number of hydrogen-bond donors (Lipinski definition) is 0. The summed E-state index contributed by atoms with van der Waals surface area (Å²) in [6.45, 7) is 5.91. The standard InChI is InChI=1S/C27H24F4O2/c1-3-19-10-9-18(15-33-19)22-12-11-20(24(28)25(22)29)16-5-7-17(8-6-16)21-13-14-23(32-4-2)27(31)26(21)30/h3,5-8,11-14,18-19H,1,4,9-10,15H2,2H3. The SMILES string of the molecule is C=CC1CCC(c2ccc(-c3ccc(-c4ccc(OCC)c(F)c4F)cc3)c(F)c2F)CO1. The summed E-state index contributed by atoms with van der Waals surface area (Å²) < 4.78 is 69.2. The van der Waals surface area contributed by atoms with E-state index in [1.54, 1.807) is 49.4 Å². The molecule has 1 aliphatic heterocycles. The quantitative estimate of drug-likeness (QED) is 0.284. The normalized spacial score (nSPS) is 18.2. The van der Waals surface area contributed by atoms with Crippen molar-refractivity contribution in [1.82, 2.24) is 0 Å². The van der Waals surface area contributed by atoms with Crippen LogP contribution in [0.1, 0.15) is 31.2 Å². The lowest BCUT2D eigenvalue weighted by Crippen LogP contribution is -2.23. The van der Waals surface area contributed by atoms with Crippen molar-refractivity contribution in [3.8, 4) is 28.0 Å². The molecule has 172 valence electrons. The van der Waals surface area contributed by atoms with E-state index in [4.69, 9.17) is 9.47 Å². The lowest BCUT2D eigenvalue weighted by Gasteiger charge is -2.28. The highest BCUT2D eigenvalue weighted by Crippen LogP contribution is 2.36. The predicted octanol–water partition coefficient (Wildman–Crippen LogP) is 7.42. The summed E-state index contributed by atoms with van der Waals surface area (Å²) in [4.78, 5) is 0. The van der Waals surface area contributed by atoms with Gasteiger partial charge < -0.3 is 9.47 Å². The molecule has 0 bridgehead atoms. The van der Waals surface area contributed by atoms with Gasteiger partial charge in [-0.1, -0.05) is 42.5 Å². The Morgan fingerprint density at radius 1 is 0.848 bits per heavy atom. The van der Waals surface area contributed by atoms with Gasteiger partial charge in [0, 0.05) is 17.0 Å². The molecule has 2 atom stereocenters. The molecule has 2 unspecified atom stereocenters. The third-order valence-electron chi connectivity index (χ3n) is 5.98. The zero-order valence-corrected chi connectivity index (χ0v) is 18.2. The molecule has 0 spiro atoms. The Kier molecular flexibility index (Phi) is 6.84. The number of hydrogen-bond acceptors (Lipinski definition) is 2. The first-order valence-electron chi connectivity index (χ1n) is 10.9. The van der Waals surface area contributed by atoms with E-state index < -0.39 is 23.3 Å². The van der Waals surface area contributed by atoms with E-state index in [1.165, 1.54) is 12.1 Å². The minimum Gasteiger partial charge on any atom is -0.491 e. The van der Waals surface area contributed by atoms with Gasteiger partial charge in [0.2, 0.25) is 5.82 Å². The Bertz CT molecular complexity index is 1150. The number of rotatable bonds is 6. The molecule has 2 nitrogen and oxygen atoms in total. The third kappa shape index (κ3) is 4.53. The number of halogens is 4. The fourth-order valence-electron chi connectivity index (χ4n) is 4.16. The van der Waals surface area contributed by atoms with Crippen molar-refractivity contribution in [3.63, 3.8) is 0 Å². The fourth-order valence-corrected chi connectivity index (χ4v) is 4.16. The van der Waals surface area contributed by atoms with Gasteiger partial charge in [0.1, 0.15) is 0 Å². The molecular formula is C27H24F4O2. The highest BCUT2D eigenvalue weighted by Gasteiger charge is 2.26. The van der Waals surface area contributed by atoms with Gasteiger partial charge in [-0.2, -0.15) is 4.39 Å². The van der Waals surface area contributed by atoms with Crippen molar-refractivity contribution in [2.75, 3.05) is 13.2 Å². The average Bonchev–Trinajstić information content (AvgIpc) is 2.84. The summed E-state index contributed by atoms with van der Waals surface area (Å²) in [5, 5.41) is 0. The third-order valence-corrected chi connectivity index (χ3v) is 5.98. The van der Waals surface area contributed by atoms with Crippen molar-refractivity contribution in [2.45, 2.75) is 31.8 Å². The fraction of sp³-hybridized carbons (Fsp3) is 0.259. The average molecular weight is 456 g/mol. The van der Waals surface area contributed by atoms with Crippen LogP contribution in [0.2, 0.25) is 0 Å². The molecule has 3 aromatic rings. The van der Waals surface area contributed by atoms with Crippen molar-refractivity contribution in [2.24, 2.45) is 0 Å². The highest BCUT2D eigenvalue weighted by molar-refractivity contribution is 5.71. The van der Waals surface area contributed by atoms with Crippen LogP contribution < -0.4 is 4.74 Å². The van der Waals surface area contributed by atoms with Gasteiger partial charge in [-0.15, -0.1) is 6.58 Å². The maximum absolute atomic E-state index is 14.9. The van der Waals surface area contributed by atoms with Crippen LogP contribution in [0.15, 0.2) is 61.2 Å². The van der Waals surface area contributed by atoms with Gasteiger partial charge >= 0.3 is 0 Å². The van der Waals surface area contributed by atoms with Crippen LogP contribution >= 0.6 is 0 Å². The lowest BCUT2D eigenvalue weighted by molar-refractivity contribution is 0.0320. The van der Waals surface area contributed by atoms with Gasteiger partial charge in [-0.05, 0) is 48.6 Å². The first-order valence-corrected chi connectivity index (χ1v) is 10.9. The second-order valence-electron chi connectivity index (χ2n) is 7.96. The van der Waals surface area contributed by atoms with E-state index in [1.807, 2.05) is 0 Å². The van der Waals surface area contributed by atoms with Crippen molar-refractivity contribution < 1.29 is 27.0 Å². The molecule has 4 rings (SSSR count). The van der Waals surface area contributed by atoms with Gasteiger partial charge in [0.15, 0.2) is 23.2 Å². The molecule has 1 saturated heterocycles. The van der Waals surface area contributed by atoms with E-state index in [0.29, 0.717) is 36.1 Å². The second kappa shape index (κ2) is 9.79. The molecule has 0 radical (unpaired) electrons. The Morgan fingerprint density at radius 3 is 2.00 bits per heavy atom. The summed E-state index contributed by atoms with van der Waals surface area (Å²) >= 11 is 0.